The fourth-order valence-corrected chi connectivity index (χ4v) is 3.40. The Bertz CT molecular complexity index is 748. The van der Waals surface area contributed by atoms with E-state index in [0.29, 0.717) is 19.4 Å². The van der Waals surface area contributed by atoms with E-state index in [9.17, 15) is 4.79 Å². The molecular formula is C23H27NO4. The molecule has 148 valence electrons. The molecule has 0 radical (unpaired) electrons. The number of nitrogens with zero attached hydrogens (tertiary/aromatic N) is 1. The molecule has 1 aliphatic heterocycles. The van der Waals surface area contributed by atoms with Crippen LogP contribution in [0.4, 0.5) is 0 Å². The van der Waals surface area contributed by atoms with Crippen LogP contribution in [0.1, 0.15) is 42.9 Å². The van der Waals surface area contributed by atoms with Gasteiger partial charge in [-0.05, 0) is 36.5 Å². The molecule has 3 rings (SSSR count). The number of carboxylic acids is 1. The maximum Gasteiger partial charge on any atom is 0.303 e. The van der Waals surface area contributed by atoms with Gasteiger partial charge in [-0.25, -0.2) is 0 Å². The monoisotopic (exact) mass is 381 g/mol. The van der Waals surface area contributed by atoms with E-state index in [1.54, 1.807) is 6.20 Å². The minimum atomic E-state index is -0.744. The smallest absolute Gasteiger partial charge is 0.303 e. The Morgan fingerprint density at radius 3 is 2.79 bits per heavy atom. The van der Waals surface area contributed by atoms with Crippen molar-refractivity contribution in [2.45, 2.75) is 44.5 Å². The zero-order chi connectivity index (χ0) is 19.6. The van der Waals surface area contributed by atoms with Crippen molar-refractivity contribution < 1.29 is 19.4 Å². The van der Waals surface area contributed by atoms with Crippen molar-refractivity contribution in [3.63, 3.8) is 0 Å². The molecule has 1 N–H and O–H groups in total. The molecule has 28 heavy (non-hydrogen) atoms. The quantitative estimate of drug-likeness (QED) is 0.509. The Labute approximate surface area is 166 Å². The van der Waals surface area contributed by atoms with Gasteiger partial charge in [-0.3, -0.25) is 9.78 Å². The Morgan fingerprint density at radius 1 is 1.18 bits per heavy atom. The number of rotatable bonds is 9. The van der Waals surface area contributed by atoms with E-state index < -0.39 is 5.97 Å². The molecule has 1 aromatic carbocycles. The molecule has 3 unspecified atom stereocenters. The second kappa shape index (κ2) is 10.7. The summed E-state index contributed by atoms with van der Waals surface area (Å²) >= 11 is 0. The van der Waals surface area contributed by atoms with Crippen LogP contribution in [0.15, 0.2) is 67.0 Å². The summed E-state index contributed by atoms with van der Waals surface area (Å²) in [5.74, 6) is -0.519. The van der Waals surface area contributed by atoms with E-state index in [4.69, 9.17) is 14.6 Å². The lowest BCUT2D eigenvalue weighted by atomic mass is 9.92. The van der Waals surface area contributed by atoms with Crippen LogP contribution in [-0.4, -0.2) is 29.0 Å². The third kappa shape index (κ3) is 6.29. The molecule has 5 nitrogen and oxygen atoms in total. The summed E-state index contributed by atoms with van der Waals surface area (Å²) in [6, 6.07) is 14.2. The largest absolute Gasteiger partial charge is 0.481 e. The van der Waals surface area contributed by atoms with Gasteiger partial charge in [-0.15, -0.1) is 0 Å². The van der Waals surface area contributed by atoms with Gasteiger partial charge in [0.2, 0.25) is 0 Å². The Kier molecular flexibility index (Phi) is 7.76. The van der Waals surface area contributed by atoms with E-state index >= 15 is 0 Å². The van der Waals surface area contributed by atoms with Crippen molar-refractivity contribution >= 4 is 5.97 Å². The zero-order valence-electron chi connectivity index (χ0n) is 15.9. The van der Waals surface area contributed by atoms with Gasteiger partial charge in [-0.2, -0.15) is 0 Å². The first kappa shape index (κ1) is 20.2. The molecule has 1 fully saturated rings. The number of aliphatic carboxylic acids is 1. The molecule has 1 saturated heterocycles. The van der Waals surface area contributed by atoms with E-state index in [1.165, 1.54) is 0 Å². The van der Waals surface area contributed by atoms with Crippen LogP contribution < -0.4 is 0 Å². The van der Waals surface area contributed by atoms with Gasteiger partial charge in [0.25, 0.3) is 0 Å². The lowest BCUT2D eigenvalue weighted by molar-refractivity contribution is -0.237. The Hall–Kier alpha value is -2.50. The van der Waals surface area contributed by atoms with Crippen LogP contribution in [0.2, 0.25) is 0 Å². The summed E-state index contributed by atoms with van der Waals surface area (Å²) in [7, 11) is 0. The number of unbranched alkanes of at least 4 members (excludes halogenated alkanes) is 1. The lowest BCUT2D eigenvalue weighted by Gasteiger charge is -2.36. The SMILES string of the molecule is O=C(O)CCC/C=C\CC1COC(Cc2cccnc2)OC1c1ccccc1. The maximum absolute atomic E-state index is 10.6. The van der Waals surface area contributed by atoms with Crippen LogP contribution in [0.5, 0.6) is 0 Å². The molecule has 1 aliphatic rings. The molecule has 2 aromatic rings. The van der Waals surface area contributed by atoms with Crippen LogP contribution in [0.25, 0.3) is 0 Å². The fraction of sp³-hybridized carbons (Fsp3) is 0.391. The molecule has 5 heteroatoms. The van der Waals surface area contributed by atoms with Crippen molar-refractivity contribution in [2.24, 2.45) is 5.92 Å². The summed E-state index contributed by atoms with van der Waals surface area (Å²) in [6.07, 6.45) is 10.6. The number of allylic oxidation sites excluding steroid dienone is 2. The van der Waals surface area contributed by atoms with Crippen LogP contribution in [0, 0.1) is 5.92 Å². The predicted molar refractivity (Wildman–Crippen MR) is 107 cm³/mol. The van der Waals surface area contributed by atoms with Gasteiger partial charge in [0.15, 0.2) is 6.29 Å². The highest BCUT2D eigenvalue weighted by atomic mass is 16.7. The van der Waals surface area contributed by atoms with Gasteiger partial charge >= 0.3 is 5.97 Å². The lowest BCUT2D eigenvalue weighted by Crippen LogP contribution is -2.36. The van der Waals surface area contributed by atoms with Crippen molar-refractivity contribution in [3.8, 4) is 0 Å². The molecule has 1 aromatic heterocycles. The Balaban J connectivity index is 1.60. The normalized spacial score (nSPS) is 22.4. The first-order valence-corrected chi connectivity index (χ1v) is 9.80. The topological polar surface area (TPSA) is 68.7 Å². The van der Waals surface area contributed by atoms with Gasteiger partial charge in [0.1, 0.15) is 0 Å². The summed E-state index contributed by atoms with van der Waals surface area (Å²) < 4.78 is 12.3. The first-order valence-electron chi connectivity index (χ1n) is 9.80. The number of carboxylic acid groups (broad SMARTS) is 1. The molecule has 2 heterocycles. The molecule has 0 amide bonds. The summed E-state index contributed by atoms with van der Waals surface area (Å²) in [6.45, 7) is 0.629. The van der Waals surface area contributed by atoms with Crippen molar-refractivity contribution in [2.75, 3.05) is 6.61 Å². The number of carbonyl (C=O) groups is 1. The maximum atomic E-state index is 10.6. The van der Waals surface area contributed by atoms with Gasteiger partial charge in [0.05, 0.1) is 12.7 Å². The van der Waals surface area contributed by atoms with Crippen molar-refractivity contribution in [1.29, 1.82) is 0 Å². The van der Waals surface area contributed by atoms with Crippen LogP contribution in [0.3, 0.4) is 0 Å². The summed E-state index contributed by atoms with van der Waals surface area (Å²) in [5, 5.41) is 8.70. The van der Waals surface area contributed by atoms with E-state index in [0.717, 1.165) is 24.0 Å². The minimum absolute atomic E-state index is 0.0275. The Morgan fingerprint density at radius 2 is 2.04 bits per heavy atom. The number of benzene rings is 1. The van der Waals surface area contributed by atoms with Crippen LogP contribution in [-0.2, 0) is 20.7 Å². The highest BCUT2D eigenvalue weighted by Gasteiger charge is 2.32. The molecule has 0 bridgehead atoms. The standard InChI is InChI=1S/C23H27NO4/c25-21(26)13-7-2-1-4-12-20-17-27-22(15-18-9-8-14-24-16-18)28-23(20)19-10-5-3-6-11-19/h1,3-6,8-11,14,16,20,22-23H,2,7,12-13,15,17H2,(H,25,26)/b4-1-. The van der Waals surface area contributed by atoms with E-state index in [2.05, 4.69) is 29.3 Å². The molecule has 0 aliphatic carbocycles. The number of pyridine rings is 1. The average molecular weight is 381 g/mol. The average Bonchev–Trinajstić information content (AvgIpc) is 2.72. The first-order chi connectivity index (χ1) is 13.7. The molecule has 0 spiro atoms. The number of aromatic nitrogens is 1. The predicted octanol–water partition coefficient (Wildman–Crippen LogP) is 4.56. The van der Waals surface area contributed by atoms with Gasteiger partial charge in [-0.1, -0.05) is 48.6 Å². The van der Waals surface area contributed by atoms with Crippen LogP contribution >= 0.6 is 0 Å². The summed E-state index contributed by atoms with van der Waals surface area (Å²) in [4.78, 5) is 14.7. The van der Waals surface area contributed by atoms with Gasteiger partial charge < -0.3 is 14.6 Å². The van der Waals surface area contributed by atoms with Crippen molar-refractivity contribution in [3.05, 3.63) is 78.1 Å². The van der Waals surface area contributed by atoms with E-state index in [1.807, 2.05) is 36.5 Å². The highest BCUT2D eigenvalue weighted by Crippen LogP contribution is 2.35. The number of hydrogen-bond donors (Lipinski definition) is 1. The number of hydrogen-bond acceptors (Lipinski definition) is 4. The minimum Gasteiger partial charge on any atom is -0.481 e. The third-order valence-corrected chi connectivity index (χ3v) is 4.84. The second-order valence-corrected chi connectivity index (χ2v) is 7.05. The van der Waals surface area contributed by atoms with Crippen molar-refractivity contribution in [1.82, 2.24) is 4.98 Å². The highest BCUT2D eigenvalue weighted by molar-refractivity contribution is 5.66. The third-order valence-electron chi connectivity index (χ3n) is 4.84. The van der Waals surface area contributed by atoms with E-state index in [-0.39, 0.29) is 24.7 Å². The number of ether oxygens (including phenoxy) is 2. The summed E-state index contributed by atoms with van der Waals surface area (Å²) in [5.41, 5.74) is 2.25. The molecular weight excluding hydrogens is 354 g/mol. The molecule has 3 atom stereocenters. The fourth-order valence-electron chi connectivity index (χ4n) is 3.40. The van der Waals surface area contributed by atoms with Gasteiger partial charge in [0, 0.05) is 31.2 Å². The molecule has 0 saturated carbocycles. The zero-order valence-corrected chi connectivity index (χ0v) is 15.9. The second-order valence-electron chi connectivity index (χ2n) is 7.05.